The quantitative estimate of drug-likeness (QED) is 0.540. The number of ether oxygens (including phenoxy) is 3. The summed E-state index contributed by atoms with van der Waals surface area (Å²) in [5.41, 5.74) is 5.39. The molecule has 1 aliphatic rings. The Hall–Kier alpha value is -3.48. The van der Waals surface area contributed by atoms with Gasteiger partial charge in [0.05, 0.1) is 20.8 Å². The number of hydrogen-bond acceptors (Lipinski definition) is 6. The summed E-state index contributed by atoms with van der Waals surface area (Å²) in [6, 6.07) is 10.2. The molecule has 4 aromatic rings. The van der Waals surface area contributed by atoms with Crippen molar-refractivity contribution in [2.45, 2.75) is 19.9 Å². The lowest BCUT2D eigenvalue weighted by atomic mass is 9.98. The fraction of sp³-hybridized carbons (Fsp3) is 0.304. The maximum atomic E-state index is 5.67. The molecule has 5 rings (SSSR count). The summed E-state index contributed by atoms with van der Waals surface area (Å²) in [5.74, 6) is 3.28. The summed E-state index contributed by atoms with van der Waals surface area (Å²) in [5, 5.41) is 1.04. The first kappa shape index (κ1) is 18.5. The number of benzene rings is 2. The van der Waals surface area contributed by atoms with Crippen LogP contribution >= 0.6 is 0 Å². The van der Waals surface area contributed by atoms with E-state index in [2.05, 4.69) is 32.0 Å². The molecule has 1 aliphatic heterocycles. The first-order chi connectivity index (χ1) is 14.7. The predicted octanol–water partition coefficient (Wildman–Crippen LogP) is 4.09. The number of H-pyrrole nitrogens is 1. The number of anilines is 1. The molecule has 0 aliphatic carbocycles. The van der Waals surface area contributed by atoms with Gasteiger partial charge in [-0.05, 0) is 54.8 Å². The van der Waals surface area contributed by atoms with Crippen molar-refractivity contribution in [3.63, 3.8) is 0 Å². The third-order valence-corrected chi connectivity index (χ3v) is 5.66. The molecule has 0 radical (unpaired) electrons. The second kappa shape index (κ2) is 7.40. The molecule has 3 heterocycles. The minimum absolute atomic E-state index is 0.634. The van der Waals surface area contributed by atoms with Gasteiger partial charge in [-0.1, -0.05) is 0 Å². The maximum Gasteiger partial charge on any atom is 0.161 e. The lowest BCUT2D eigenvalue weighted by Gasteiger charge is -2.30. The van der Waals surface area contributed by atoms with Gasteiger partial charge in [0.15, 0.2) is 17.3 Å². The standard InChI is InChI=1S/C23H24N4O3/c1-4-30-16-5-6-18-17(11-16)21-22(26-18)23(25-13-24-21)27-8-7-14-9-19(28-2)20(29-3)10-15(14)12-27/h5-6,9-11,13,26H,4,7-8,12H2,1-3H3. The Balaban J connectivity index is 1.56. The number of nitrogens with one attached hydrogen (secondary N) is 1. The molecule has 7 heteroatoms. The fourth-order valence-corrected chi connectivity index (χ4v) is 4.22. The van der Waals surface area contributed by atoms with Crippen LogP contribution in [-0.4, -0.2) is 42.3 Å². The molecule has 30 heavy (non-hydrogen) atoms. The van der Waals surface area contributed by atoms with Crippen LogP contribution in [-0.2, 0) is 13.0 Å². The van der Waals surface area contributed by atoms with Gasteiger partial charge in [0.25, 0.3) is 0 Å². The van der Waals surface area contributed by atoms with E-state index in [9.17, 15) is 0 Å². The van der Waals surface area contributed by atoms with E-state index in [4.69, 9.17) is 14.2 Å². The van der Waals surface area contributed by atoms with E-state index in [0.717, 1.165) is 64.5 Å². The van der Waals surface area contributed by atoms with Gasteiger partial charge in [0, 0.05) is 24.0 Å². The van der Waals surface area contributed by atoms with Crippen molar-refractivity contribution in [1.29, 1.82) is 0 Å². The summed E-state index contributed by atoms with van der Waals surface area (Å²) in [6.45, 7) is 4.24. The monoisotopic (exact) mass is 404 g/mol. The van der Waals surface area contributed by atoms with Crippen LogP contribution in [0.4, 0.5) is 5.82 Å². The Kier molecular flexibility index (Phi) is 4.58. The fourth-order valence-electron chi connectivity index (χ4n) is 4.22. The van der Waals surface area contributed by atoms with Crippen LogP contribution in [0, 0.1) is 0 Å². The summed E-state index contributed by atoms with van der Waals surface area (Å²) >= 11 is 0. The minimum Gasteiger partial charge on any atom is -0.494 e. The van der Waals surface area contributed by atoms with Crippen LogP contribution in [0.3, 0.4) is 0 Å². The van der Waals surface area contributed by atoms with Crippen molar-refractivity contribution >= 4 is 27.8 Å². The number of fused-ring (bicyclic) bond motifs is 4. The molecule has 7 nitrogen and oxygen atoms in total. The van der Waals surface area contributed by atoms with Crippen molar-refractivity contribution in [1.82, 2.24) is 15.0 Å². The Labute approximate surface area is 174 Å². The summed E-state index contributed by atoms with van der Waals surface area (Å²) < 4.78 is 16.6. The number of nitrogens with zero attached hydrogens (tertiary/aromatic N) is 3. The van der Waals surface area contributed by atoms with Crippen molar-refractivity contribution in [2.24, 2.45) is 0 Å². The van der Waals surface area contributed by atoms with E-state index in [1.54, 1.807) is 20.5 Å². The van der Waals surface area contributed by atoms with Crippen LogP contribution in [0.1, 0.15) is 18.1 Å². The normalized spacial score (nSPS) is 13.5. The number of methoxy groups -OCH3 is 2. The van der Waals surface area contributed by atoms with Crippen LogP contribution in [0.25, 0.3) is 21.9 Å². The van der Waals surface area contributed by atoms with Gasteiger partial charge in [0.2, 0.25) is 0 Å². The molecule has 0 saturated carbocycles. The van der Waals surface area contributed by atoms with Crippen molar-refractivity contribution in [3.8, 4) is 17.2 Å². The highest BCUT2D eigenvalue weighted by atomic mass is 16.5. The Bertz CT molecular complexity index is 1230. The molecule has 0 unspecified atom stereocenters. The smallest absolute Gasteiger partial charge is 0.161 e. The lowest BCUT2D eigenvalue weighted by molar-refractivity contribution is 0.341. The summed E-state index contributed by atoms with van der Waals surface area (Å²) in [6.07, 6.45) is 2.55. The average Bonchev–Trinajstić information content (AvgIpc) is 3.16. The minimum atomic E-state index is 0.634. The van der Waals surface area contributed by atoms with E-state index >= 15 is 0 Å². The molecular weight excluding hydrogens is 380 g/mol. The number of hydrogen-bond donors (Lipinski definition) is 1. The highest BCUT2D eigenvalue weighted by Crippen LogP contribution is 2.36. The first-order valence-corrected chi connectivity index (χ1v) is 10.1. The zero-order valence-corrected chi connectivity index (χ0v) is 17.4. The molecule has 2 aromatic heterocycles. The molecule has 154 valence electrons. The van der Waals surface area contributed by atoms with Crippen LogP contribution in [0.5, 0.6) is 17.2 Å². The van der Waals surface area contributed by atoms with Gasteiger partial charge in [-0.25, -0.2) is 9.97 Å². The number of aromatic amines is 1. The second-order valence-corrected chi connectivity index (χ2v) is 7.33. The average molecular weight is 404 g/mol. The molecule has 0 fully saturated rings. The van der Waals surface area contributed by atoms with Gasteiger partial charge < -0.3 is 24.1 Å². The third kappa shape index (κ3) is 2.98. The van der Waals surface area contributed by atoms with E-state index < -0.39 is 0 Å². The van der Waals surface area contributed by atoms with Gasteiger partial charge in [-0.15, -0.1) is 0 Å². The highest BCUT2D eigenvalue weighted by molar-refractivity contribution is 6.08. The highest BCUT2D eigenvalue weighted by Gasteiger charge is 2.23. The number of rotatable bonds is 5. The van der Waals surface area contributed by atoms with Gasteiger partial charge >= 0.3 is 0 Å². The van der Waals surface area contributed by atoms with Crippen LogP contribution in [0.2, 0.25) is 0 Å². The molecule has 0 atom stereocenters. The van der Waals surface area contributed by atoms with Gasteiger partial charge in [-0.2, -0.15) is 0 Å². The molecule has 0 spiro atoms. The Morgan fingerprint density at radius 3 is 2.60 bits per heavy atom. The van der Waals surface area contributed by atoms with E-state index in [1.807, 2.05) is 25.1 Å². The predicted molar refractivity (Wildman–Crippen MR) is 117 cm³/mol. The molecule has 0 bridgehead atoms. The van der Waals surface area contributed by atoms with Crippen molar-refractivity contribution in [2.75, 3.05) is 32.3 Å². The van der Waals surface area contributed by atoms with E-state index in [1.165, 1.54) is 11.1 Å². The first-order valence-electron chi connectivity index (χ1n) is 10.1. The second-order valence-electron chi connectivity index (χ2n) is 7.33. The molecule has 1 N–H and O–H groups in total. The molecular formula is C23H24N4O3. The third-order valence-electron chi connectivity index (χ3n) is 5.66. The van der Waals surface area contributed by atoms with Gasteiger partial charge in [0.1, 0.15) is 23.1 Å². The molecule has 0 saturated heterocycles. The zero-order chi connectivity index (χ0) is 20.7. The Morgan fingerprint density at radius 1 is 1.03 bits per heavy atom. The molecule has 2 aromatic carbocycles. The van der Waals surface area contributed by atoms with Crippen LogP contribution in [0.15, 0.2) is 36.7 Å². The maximum absolute atomic E-state index is 5.67. The zero-order valence-electron chi connectivity index (χ0n) is 17.4. The Morgan fingerprint density at radius 2 is 1.83 bits per heavy atom. The lowest BCUT2D eigenvalue weighted by Crippen LogP contribution is -2.31. The van der Waals surface area contributed by atoms with E-state index in [0.29, 0.717) is 6.61 Å². The van der Waals surface area contributed by atoms with Crippen LogP contribution < -0.4 is 19.1 Å². The van der Waals surface area contributed by atoms with Crippen molar-refractivity contribution in [3.05, 3.63) is 47.8 Å². The van der Waals surface area contributed by atoms with Gasteiger partial charge in [-0.3, -0.25) is 0 Å². The topological polar surface area (TPSA) is 72.5 Å². The largest absolute Gasteiger partial charge is 0.494 e. The summed E-state index contributed by atoms with van der Waals surface area (Å²) in [7, 11) is 3.34. The molecule has 0 amide bonds. The van der Waals surface area contributed by atoms with Crippen molar-refractivity contribution < 1.29 is 14.2 Å². The van der Waals surface area contributed by atoms with E-state index in [-0.39, 0.29) is 0 Å². The SMILES string of the molecule is CCOc1ccc2[nH]c3c(N4CCc5cc(OC)c(OC)cc5C4)ncnc3c2c1. The summed E-state index contributed by atoms with van der Waals surface area (Å²) in [4.78, 5) is 15.0. The number of aromatic nitrogens is 3.